The summed E-state index contributed by atoms with van der Waals surface area (Å²) in [6.07, 6.45) is -0.667. The molecule has 1 aromatic rings. The summed E-state index contributed by atoms with van der Waals surface area (Å²) in [7, 11) is 1.56. The van der Waals surface area contributed by atoms with E-state index in [4.69, 9.17) is 14.2 Å². The summed E-state index contributed by atoms with van der Waals surface area (Å²) in [6.45, 7) is 4.55. The third kappa shape index (κ3) is 5.83. The number of rotatable bonds is 8. The van der Waals surface area contributed by atoms with Crippen LogP contribution in [0.5, 0.6) is 5.75 Å². The predicted molar refractivity (Wildman–Crippen MR) is 77.4 cm³/mol. The van der Waals surface area contributed by atoms with Crippen molar-refractivity contribution < 1.29 is 23.8 Å². The van der Waals surface area contributed by atoms with Gasteiger partial charge in [-0.25, -0.2) is 4.79 Å². The van der Waals surface area contributed by atoms with E-state index in [2.05, 4.69) is 5.32 Å². The Morgan fingerprint density at radius 3 is 2.76 bits per heavy atom. The van der Waals surface area contributed by atoms with Crippen LogP contribution in [0.4, 0.5) is 0 Å². The lowest BCUT2D eigenvalue weighted by Gasteiger charge is -2.15. The molecule has 1 N–H and O–H groups in total. The number of carbonyl (C=O) groups excluding carboxylic acids is 2. The Hall–Kier alpha value is -2.08. The zero-order valence-electron chi connectivity index (χ0n) is 12.5. The molecule has 0 saturated heterocycles. The number of amides is 1. The van der Waals surface area contributed by atoms with Crippen molar-refractivity contribution in [1.29, 1.82) is 0 Å². The fourth-order valence-corrected chi connectivity index (χ4v) is 1.59. The van der Waals surface area contributed by atoms with Crippen molar-refractivity contribution in [2.24, 2.45) is 0 Å². The Morgan fingerprint density at radius 1 is 1.33 bits per heavy atom. The summed E-state index contributed by atoms with van der Waals surface area (Å²) >= 11 is 0. The van der Waals surface area contributed by atoms with Crippen molar-refractivity contribution in [1.82, 2.24) is 5.32 Å². The molecular formula is C15H21NO5. The van der Waals surface area contributed by atoms with E-state index in [9.17, 15) is 9.59 Å². The first-order valence-corrected chi connectivity index (χ1v) is 6.79. The second kappa shape index (κ2) is 8.97. The fraction of sp³-hybridized carbons (Fsp3) is 0.467. The zero-order chi connectivity index (χ0) is 15.7. The summed E-state index contributed by atoms with van der Waals surface area (Å²) < 4.78 is 15.3. The van der Waals surface area contributed by atoms with Gasteiger partial charge in [0.15, 0.2) is 6.10 Å². The van der Waals surface area contributed by atoms with Crippen LogP contribution >= 0.6 is 0 Å². The Morgan fingerprint density at radius 2 is 2.10 bits per heavy atom. The first-order valence-electron chi connectivity index (χ1n) is 6.79. The smallest absolute Gasteiger partial charge is 0.338 e. The van der Waals surface area contributed by atoms with Crippen molar-refractivity contribution in [3.63, 3.8) is 0 Å². The van der Waals surface area contributed by atoms with Crippen molar-refractivity contribution in [3.8, 4) is 5.75 Å². The van der Waals surface area contributed by atoms with E-state index in [1.54, 1.807) is 45.2 Å². The first-order chi connectivity index (χ1) is 10.1. The maximum atomic E-state index is 11.8. The topological polar surface area (TPSA) is 73.9 Å². The summed E-state index contributed by atoms with van der Waals surface area (Å²) in [6, 6.07) is 6.55. The summed E-state index contributed by atoms with van der Waals surface area (Å²) in [4.78, 5) is 23.4. The van der Waals surface area contributed by atoms with Crippen LogP contribution in [0.15, 0.2) is 24.3 Å². The monoisotopic (exact) mass is 295 g/mol. The summed E-state index contributed by atoms with van der Waals surface area (Å²) in [5.41, 5.74) is 0.390. The van der Waals surface area contributed by atoms with Crippen LogP contribution in [-0.2, 0) is 14.3 Å². The molecule has 1 aromatic carbocycles. The molecule has 0 aliphatic heterocycles. The van der Waals surface area contributed by atoms with Gasteiger partial charge in [-0.15, -0.1) is 0 Å². The highest BCUT2D eigenvalue weighted by atomic mass is 16.5. The van der Waals surface area contributed by atoms with Crippen molar-refractivity contribution in [2.75, 3.05) is 26.9 Å². The second-order valence-electron chi connectivity index (χ2n) is 4.29. The highest BCUT2D eigenvalue weighted by Gasteiger charge is 2.15. The minimum Gasteiger partial charge on any atom is -0.481 e. The molecule has 6 nitrogen and oxygen atoms in total. The number of esters is 1. The maximum absolute atomic E-state index is 11.8. The molecule has 1 amide bonds. The van der Waals surface area contributed by atoms with E-state index in [-0.39, 0.29) is 5.91 Å². The van der Waals surface area contributed by atoms with Gasteiger partial charge >= 0.3 is 5.97 Å². The normalized spacial score (nSPS) is 11.6. The Balaban J connectivity index is 2.59. The molecule has 6 heteroatoms. The quantitative estimate of drug-likeness (QED) is 0.579. The molecule has 0 aromatic heterocycles. The average molecular weight is 295 g/mol. The molecule has 1 rings (SSSR count). The van der Waals surface area contributed by atoms with Gasteiger partial charge in [-0.2, -0.15) is 0 Å². The number of hydrogen-bond acceptors (Lipinski definition) is 5. The molecule has 0 fully saturated rings. The van der Waals surface area contributed by atoms with Gasteiger partial charge in [-0.3, -0.25) is 4.79 Å². The van der Waals surface area contributed by atoms with Gasteiger partial charge in [-0.05, 0) is 32.0 Å². The van der Waals surface area contributed by atoms with Crippen LogP contribution in [-0.4, -0.2) is 44.8 Å². The lowest BCUT2D eigenvalue weighted by Crippen LogP contribution is -2.37. The number of hydrogen-bond donors (Lipinski definition) is 1. The van der Waals surface area contributed by atoms with Crippen LogP contribution in [0, 0.1) is 0 Å². The standard InChI is InChI=1S/C15H21NO5/c1-4-20-15(18)12-6-5-7-13(10-12)21-11(2)14(17)16-8-9-19-3/h5-7,10-11H,4,8-9H2,1-3H3,(H,16,17)/t11-/m1/s1. The largest absolute Gasteiger partial charge is 0.481 e. The number of nitrogens with one attached hydrogen (secondary N) is 1. The van der Waals surface area contributed by atoms with Crippen LogP contribution in [0.25, 0.3) is 0 Å². The minimum absolute atomic E-state index is 0.242. The zero-order valence-corrected chi connectivity index (χ0v) is 12.5. The van der Waals surface area contributed by atoms with Crippen LogP contribution in [0.1, 0.15) is 24.2 Å². The van der Waals surface area contributed by atoms with Gasteiger partial charge in [-0.1, -0.05) is 6.07 Å². The third-order valence-electron chi connectivity index (χ3n) is 2.63. The molecule has 0 bridgehead atoms. The van der Waals surface area contributed by atoms with E-state index in [1.165, 1.54) is 0 Å². The SMILES string of the molecule is CCOC(=O)c1cccc(O[C@H](C)C(=O)NCCOC)c1. The molecule has 0 unspecified atom stereocenters. The van der Waals surface area contributed by atoms with Crippen molar-refractivity contribution >= 4 is 11.9 Å². The maximum Gasteiger partial charge on any atom is 0.338 e. The summed E-state index contributed by atoms with van der Waals surface area (Å²) in [5, 5.41) is 2.68. The van der Waals surface area contributed by atoms with Gasteiger partial charge in [0, 0.05) is 13.7 Å². The average Bonchev–Trinajstić information content (AvgIpc) is 2.48. The van der Waals surface area contributed by atoms with Gasteiger partial charge in [0.25, 0.3) is 5.91 Å². The molecule has 0 heterocycles. The predicted octanol–water partition coefficient (Wildman–Crippen LogP) is 1.39. The Labute approximate surface area is 124 Å². The molecular weight excluding hydrogens is 274 g/mol. The van der Waals surface area contributed by atoms with Gasteiger partial charge < -0.3 is 19.5 Å². The van der Waals surface area contributed by atoms with E-state index in [0.717, 1.165) is 0 Å². The molecule has 0 aliphatic carbocycles. The molecule has 21 heavy (non-hydrogen) atoms. The van der Waals surface area contributed by atoms with Gasteiger partial charge in [0.2, 0.25) is 0 Å². The fourth-order valence-electron chi connectivity index (χ4n) is 1.59. The second-order valence-corrected chi connectivity index (χ2v) is 4.29. The minimum atomic E-state index is -0.667. The lowest BCUT2D eigenvalue weighted by atomic mass is 10.2. The van der Waals surface area contributed by atoms with E-state index < -0.39 is 12.1 Å². The Bertz CT molecular complexity index is 475. The number of methoxy groups -OCH3 is 1. The molecule has 1 atom stereocenters. The van der Waals surface area contributed by atoms with Crippen LogP contribution < -0.4 is 10.1 Å². The highest BCUT2D eigenvalue weighted by molar-refractivity contribution is 5.89. The van der Waals surface area contributed by atoms with E-state index in [1.807, 2.05) is 0 Å². The number of benzene rings is 1. The molecule has 0 saturated carbocycles. The van der Waals surface area contributed by atoms with Crippen LogP contribution in [0.2, 0.25) is 0 Å². The third-order valence-corrected chi connectivity index (χ3v) is 2.63. The van der Waals surface area contributed by atoms with Crippen molar-refractivity contribution in [3.05, 3.63) is 29.8 Å². The molecule has 0 aliphatic rings. The van der Waals surface area contributed by atoms with Gasteiger partial charge in [0.1, 0.15) is 5.75 Å². The van der Waals surface area contributed by atoms with E-state index >= 15 is 0 Å². The highest BCUT2D eigenvalue weighted by Crippen LogP contribution is 2.15. The molecule has 0 spiro atoms. The number of ether oxygens (including phenoxy) is 3. The van der Waals surface area contributed by atoms with Crippen molar-refractivity contribution in [2.45, 2.75) is 20.0 Å². The lowest BCUT2D eigenvalue weighted by molar-refractivity contribution is -0.127. The van der Waals surface area contributed by atoms with Crippen LogP contribution in [0.3, 0.4) is 0 Å². The molecule has 116 valence electrons. The number of carbonyl (C=O) groups is 2. The molecule has 0 radical (unpaired) electrons. The van der Waals surface area contributed by atoms with E-state index in [0.29, 0.717) is 31.1 Å². The Kier molecular flexibility index (Phi) is 7.25. The summed E-state index contributed by atoms with van der Waals surface area (Å²) in [5.74, 6) is -0.219. The first kappa shape index (κ1) is 17.0. The van der Waals surface area contributed by atoms with Gasteiger partial charge in [0.05, 0.1) is 18.8 Å².